The highest BCUT2D eigenvalue weighted by Gasteiger charge is 2.12. The molecule has 3 heteroatoms. The van der Waals surface area contributed by atoms with Gasteiger partial charge in [-0.15, -0.1) is 0 Å². The van der Waals surface area contributed by atoms with Crippen LogP contribution >= 0.6 is 0 Å². The monoisotopic (exact) mass is 250 g/mol. The molecule has 1 aromatic heterocycles. The molecule has 1 heterocycles. The number of ether oxygens (including phenoxy) is 1. The van der Waals surface area contributed by atoms with Crippen molar-refractivity contribution in [2.45, 2.75) is 58.2 Å². The maximum Gasteiger partial charge on any atom is 0.0594 e. The molecular weight excluding hydrogens is 224 g/mol. The summed E-state index contributed by atoms with van der Waals surface area (Å²) < 4.78 is 8.16. The van der Waals surface area contributed by atoms with Crippen LogP contribution in [0.2, 0.25) is 0 Å². The van der Waals surface area contributed by atoms with E-state index in [1.165, 1.54) is 37.8 Å². The van der Waals surface area contributed by atoms with Gasteiger partial charge in [0.05, 0.1) is 12.7 Å². The molecule has 102 valence electrons. The summed E-state index contributed by atoms with van der Waals surface area (Å²) in [7, 11) is 0. The maximum absolute atomic E-state index is 5.89. The number of aryl methyl sites for hydroxylation is 1. The van der Waals surface area contributed by atoms with Crippen LogP contribution in [0.4, 0.5) is 0 Å². The van der Waals surface area contributed by atoms with Gasteiger partial charge in [-0.3, -0.25) is 0 Å². The zero-order chi connectivity index (χ0) is 12.6. The van der Waals surface area contributed by atoms with E-state index in [-0.39, 0.29) is 0 Å². The fourth-order valence-electron chi connectivity index (χ4n) is 2.66. The smallest absolute Gasteiger partial charge is 0.0594 e. The Morgan fingerprint density at radius 1 is 1.33 bits per heavy atom. The molecule has 1 fully saturated rings. The molecule has 0 radical (unpaired) electrons. The van der Waals surface area contributed by atoms with Crippen LogP contribution in [-0.2, 0) is 17.8 Å². The second kappa shape index (κ2) is 7.59. The normalized spacial score (nSPS) is 17.2. The fraction of sp³-hybridized carbons (Fsp3) is 0.733. The summed E-state index contributed by atoms with van der Waals surface area (Å²) in [5.41, 5.74) is 1.36. The molecule has 0 unspecified atom stereocenters. The zero-order valence-electron chi connectivity index (χ0n) is 11.5. The summed E-state index contributed by atoms with van der Waals surface area (Å²) in [5.74, 6) is 0. The first-order chi connectivity index (χ1) is 8.90. The third-order valence-electron chi connectivity index (χ3n) is 3.75. The molecular formula is C15H26N2O. The largest absolute Gasteiger partial charge is 0.377 e. The number of nitrogens with one attached hydrogen (secondary N) is 1. The Morgan fingerprint density at radius 2 is 2.17 bits per heavy atom. The number of nitrogens with zero attached hydrogens (tertiary/aromatic N) is 1. The van der Waals surface area contributed by atoms with Crippen molar-refractivity contribution in [1.29, 1.82) is 0 Å². The van der Waals surface area contributed by atoms with Crippen LogP contribution in [-0.4, -0.2) is 23.8 Å². The van der Waals surface area contributed by atoms with E-state index in [0.717, 1.165) is 26.2 Å². The van der Waals surface area contributed by atoms with Gasteiger partial charge in [-0.05, 0) is 31.9 Å². The molecule has 1 N–H and O–H groups in total. The predicted molar refractivity (Wildman–Crippen MR) is 74.6 cm³/mol. The molecule has 18 heavy (non-hydrogen) atoms. The van der Waals surface area contributed by atoms with Gasteiger partial charge in [0.15, 0.2) is 0 Å². The average Bonchev–Trinajstić information content (AvgIpc) is 2.87. The van der Waals surface area contributed by atoms with Crippen molar-refractivity contribution >= 4 is 0 Å². The Morgan fingerprint density at radius 3 is 2.94 bits per heavy atom. The van der Waals surface area contributed by atoms with Gasteiger partial charge in [-0.1, -0.05) is 19.3 Å². The lowest BCUT2D eigenvalue weighted by Crippen LogP contribution is -2.25. The van der Waals surface area contributed by atoms with Crippen molar-refractivity contribution in [3.8, 4) is 0 Å². The Bertz CT molecular complexity index is 329. The molecule has 0 amide bonds. The first-order valence-corrected chi connectivity index (χ1v) is 7.36. The van der Waals surface area contributed by atoms with Gasteiger partial charge in [-0.2, -0.15) is 0 Å². The van der Waals surface area contributed by atoms with Crippen LogP contribution in [0.25, 0.3) is 0 Å². The molecule has 0 aliphatic heterocycles. The van der Waals surface area contributed by atoms with E-state index in [4.69, 9.17) is 4.74 Å². The molecule has 1 aliphatic carbocycles. The lowest BCUT2D eigenvalue weighted by molar-refractivity contribution is 0.0302. The Kier molecular flexibility index (Phi) is 5.75. The van der Waals surface area contributed by atoms with Crippen molar-refractivity contribution in [3.05, 3.63) is 24.0 Å². The molecule has 2 rings (SSSR count). The van der Waals surface area contributed by atoms with Gasteiger partial charge < -0.3 is 14.6 Å². The van der Waals surface area contributed by atoms with E-state index >= 15 is 0 Å². The van der Waals surface area contributed by atoms with Gasteiger partial charge in [0.25, 0.3) is 0 Å². The Labute approximate surface area is 111 Å². The van der Waals surface area contributed by atoms with Crippen LogP contribution in [0.3, 0.4) is 0 Å². The van der Waals surface area contributed by atoms with Gasteiger partial charge in [0.1, 0.15) is 0 Å². The van der Waals surface area contributed by atoms with Crippen LogP contribution in [0.1, 0.15) is 44.7 Å². The molecule has 1 saturated carbocycles. The van der Waals surface area contributed by atoms with E-state index in [1.54, 1.807) is 0 Å². The van der Waals surface area contributed by atoms with Crippen LogP contribution in [0.5, 0.6) is 0 Å². The number of rotatable bonds is 7. The van der Waals surface area contributed by atoms with Gasteiger partial charge in [0.2, 0.25) is 0 Å². The molecule has 0 atom stereocenters. The molecule has 1 aliphatic rings. The molecule has 0 spiro atoms. The van der Waals surface area contributed by atoms with Crippen LogP contribution in [0, 0.1) is 0 Å². The molecule has 0 saturated heterocycles. The minimum absolute atomic E-state index is 0.528. The van der Waals surface area contributed by atoms with E-state index < -0.39 is 0 Å². The number of hydrogen-bond acceptors (Lipinski definition) is 2. The predicted octanol–water partition coefficient (Wildman–Crippen LogP) is 2.95. The quantitative estimate of drug-likeness (QED) is 0.753. The fourth-order valence-corrected chi connectivity index (χ4v) is 2.66. The highest BCUT2D eigenvalue weighted by Crippen LogP contribution is 2.19. The summed E-state index contributed by atoms with van der Waals surface area (Å²) in [4.78, 5) is 0. The van der Waals surface area contributed by atoms with E-state index in [0.29, 0.717) is 6.10 Å². The third-order valence-corrected chi connectivity index (χ3v) is 3.75. The molecule has 1 aromatic rings. The van der Waals surface area contributed by atoms with Gasteiger partial charge in [-0.25, -0.2) is 0 Å². The SMILES string of the molecule is CCn1cccc1CNCCOC1CCCCC1. The number of hydrogen-bond donors (Lipinski definition) is 1. The van der Waals surface area contributed by atoms with Crippen molar-refractivity contribution in [1.82, 2.24) is 9.88 Å². The van der Waals surface area contributed by atoms with Crippen molar-refractivity contribution in [3.63, 3.8) is 0 Å². The summed E-state index contributed by atoms with van der Waals surface area (Å²) in [6, 6.07) is 4.29. The topological polar surface area (TPSA) is 26.2 Å². The summed E-state index contributed by atoms with van der Waals surface area (Å²) in [6.07, 6.45) is 9.28. The summed E-state index contributed by atoms with van der Waals surface area (Å²) in [5, 5.41) is 3.46. The van der Waals surface area contributed by atoms with Gasteiger partial charge in [0, 0.05) is 31.5 Å². The molecule has 0 aromatic carbocycles. The van der Waals surface area contributed by atoms with E-state index in [1.807, 2.05) is 0 Å². The first-order valence-electron chi connectivity index (χ1n) is 7.36. The maximum atomic E-state index is 5.89. The average molecular weight is 250 g/mol. The second-order valence-electron chi connectivity index (χ2n) is 5.09. The van der Waals surface area contributed by atoms with Crippen molar-refractivity contribution in [2.24, 2.45) is 0 Å². The van der Waals surface area contributed by atoms with E-state index in [9.17, 15) is 0 Å². The number of aromatic nitrogens is 1. The van der Waals surface area contributed by atoms with Gasteiger partial charge >= 0.3 is 0 Å². The van der Waals surface area contributed by atoms with Crippen molar-refractivity contribution in [2.75, 3.05) is 13.2 Å². The first kappa shape index (κ1) is 13.6. The zero-order valence-corrected chi connectivity index (χ0v) is 11.5. The molecule has 0 bridgehead atoms. The summed E-state index contributed by atoms with van der Waals surface area (Å²) >= 11 is 0. The second-order valence-corrected chi connectivity index (χ2v) is 5.09. The Hall–Kier alpha value is -0.800. The standard InChI is InChI=1S/C15H26N2O/c1-2-17-11-6-7-14(17)13-16-10-12-18-15-8-4-3-5-9-15/h6-7,11,15-16H,2-5,8-10,12-13H2,1H3. The minimum Gasteiger partial charge on any atom is -0.377 e. The highest BCUT2D eigenvalue weighted by molar-refractivity contribution is 5.06. The van der Waals surface area contributed by atoms with Crippen LogP contribution < -0.4 is 5.32 Å². The lowest BCUT2D eigenvalue weighted by atomic mass is 9.98. The highest BCUT2D eigenvalue weighted by atomic mass is 16.5. The molecule has 3 nitrogen and oxygen atoms in total. The lowest BCUT2D eigenvalue weighted by Gasteiger charge is -2.22. The van der Waals surface area contributed by atoms with Crippen molar-refractivity contribution < 1.29 is 4.74 Å². The van der Waals surface area contributed by atoms with E-state index in [2.05, 4.69) is 35.1 Å². The minimum atomic E-state index is 0.528. The third kappa shape index (κ3) is 4.14. The van der Waals surface area contributed by atoms with Crippen LogP contribution in [0.15, 0.2) is 18.3 Å². The Balaban J connectivity index is 1.55. The summed E-state index contributed by atoms with van der Waals surface area (Å²) in [6.45, 7) is 5.95.